The minimum atomic E-state index is 0.165. The largest absolute Gasteiger partial charge is 0.368 e. The molecule has 9 aromatic rings. The molecule has 3 nitrogen and oxygen atoms in total. The summed E-state index contributed by atoms with van der Waals surface area (Å²) in [4.78, 5) is 11.4. The molecular weight excluding hydrogens is 663 g/mol. The highest BCUT2D eigenvalue weighted by molar-refractivity contribution is 8.00. The van der Waals surface area contributed by atoms with Crippen LogP contribution in [0.4, 0.5) is 5.69 Å². The van der Waals surface area contributed by atoms with Crippen LogP contribution in [0.15, 0.2) is 193 Å². The molecule has 53 heavy (non-hydrogen) atoms. The summed E-state index contributed by atoms with van der Waals surface area (Å²) < 4.78 is 0. The van der Waals surface area contributed by atoms with Crippen LogP contribution in [0, 0.1) is 0 Å². The Morgan fingerprint density at radius 3 is 1.77 bits per heavy atom. The number of hydrogen-bond acceptors (Lipinski definition) is 4. The second-order valence-corrected chi connectivity index (χ2v) is 14.6. The Morgan fingerprint density at radius 2 is 1.04 bits per heavy atom. The Bertz CT molecular complexity index is 2720. The van der Waals surface area contributed by atoms with Crippen molar-refractivity contribution >= 4 is 39.0 Å². The Hall–Kier alpha value is -6.49. The van der Waals surface area contributed by atoms with E-state index in [-0.39, 0.29) is 5.37 Å². The summed E-state index contributed by atoms with van der Waals surface area (Å²) >= 11 is 1.89. The van der Waals surface area contributed by atoms with E-state index < -0.39 is 0 Å². The van der Waals surface area contributed by atoms with Crippen LogP contribution in [-0.4, -0.2) is 9.97 Å². The van der Waals surface area contributed by atoms with E-state index in [2.05, 4.69) is 181 Å². The maximum Gasteiger partial charge on any atom is 0.160 e. The second-order valence-electron chi connectivity index (χ2n) is 13.4. The van der Waals surface area contributed by atoms with Gasteiger partial charge in [-0.05, 0) is 73.6 Å². The predicted octanol–water partition coefficient (Wildman–Crippen LogP) is 13.3. The molecule has 10 rings (SSSR count). The fraction of sp³-hybridized carbons (Fsp3) is 0.0204. The van der Waals surface area contributed by atoms with E-state index in [9.17, 15) is 0 Å². The third-order valence-corrected chi connectivity index (χ3v) is 11.3. The summed E-state index contributed by atoms with van der Waals surface area (Å²) in [5.74, 6) is 0.707. The minimum Gasteiger partial charge on any atom is -0.368 e. The summed E-state index contributed by atoms with van der Waals surface area (Å²) in [6.07, 6.45) is 0. The summed E-state index contributed by atoms with van der Waals surface area (Å²) in [6, 6.07) is 66.9. The van der Waals surface area contributed by atoms with Crippen LogP contribution in [0.5, 0.6) is 0 Å². The van der Waals surface area contributed by atoms with Crippen molar-refractivity contribution in [2.75, 3.05) is 5.32 Å². The number of nitrogens with zero attached hydrogens (tertiary/aromatic N) is 2. The van der Waals surface area contributed by atoms with Crippen molar-refractivity contribution in [1.29, 1.82) is 0 Å². The van der Waals surface area contributed by atoms with E-state index in [1.165, 1.54) is 54.4 Å². The van der Waals surface area contributed by atoms with Gasteiger partial charge in [-0.1, -0.05) is 176 Å². The second kappa shape index (κ2) is 13.2. The zero-order valence-electron chi connectivity index (χ0n) is 28.8. The lowest BCUT2D eigenvalue weighted by molar-refractivity contribution is 1.14. The Balaban J connectivity index is 1.03. The molecule has 1 aromatic heterocycles. The van der Waals surface area contributed by atoms with Gasteiger partial charge in [0.2, 0.25) is 0 Å². The first kappa shape index (κ1) is 31.3. The first-order valence-electron chi connectivity index (χ1n) is 17.9. The van der Waals surface area contributed by atoms with Gasteiger partial charge in [0.05, 0.1) is 11.4 Å². The van der Waals surface area contributed by atoms with Crippen LogP contribution >= 0.6 is 11.8 Å². The zero-order valence-corrected chi connectivity index (χ0v) is 29.6. The van der Waals surface area contributed by atoms with Gasteiger partial charge >= 0.3 is 0 Å². The SMILES string of the molecule is c1ccc(-c2cc(-c3ccccc3)nc(-c3ccc(-c4c(-c5ccc6c(c5)SC(c5ccc7ccccc7c5)N6)ccc5ccccc45)cc3)n2)cc1. The molecule has 8 aromatic carbocycles. The van der Waals surface area contributed by atoms with Crippen molar-refractivity contribution in [3.63, 3.8) is 0 Å². The van der Waals surface area contributed by atoms with Crippen LogP contribution in [0.1, 0.15) is 10.9 Å². The first-order chi connectivity index (χ1) is 26.2. The minimum absolute atomic E-state index is 0.165. The molecule has 0 saturated carbocycles. The molecule has 1 N–H and O–H groups in total. The number of anilines is 1. The fourth-order valence-corrected chi connectivity index (χ4v) is 8.60. The smallest absolute Gasteiger partial charge is 0.160 e. The van der Waals surface area contributed by atoms with Crippen molar-refractivity contribution in [3.05, 3.63) is 194 Å². The highest BCUT2D eigenvalue weighted by atomic mass is 32.2. The summed E-state index contributed by atoms with van der Waals surface area (Å²) in [6.45, 7) is 0. The van der Waals surface area contributed by atoms with Crippen LogP contribution in [-0.2, 0) is 0 Å². The number of nitrogens with one attached hydrogen (secondary N) is 1. The Labute approximate surface area is 313 Å². The number of hydrogen-bond donors (Lipinski definition) is 1. The Morgan fingerprint density at radius 1 is 0.434 bits per heavy atom. The number of benzene rings is 8. The number of aromatic nitrogens is 2. The molecule has 4 heteroatoms. The third kappa shape index (κ3) is 5.93. The molecule has 1 atom stereocenters. The van der Waals surface area contributed by atoms with E-state index in [1.807, 2.05) is 23.9 Å². The van der Waals surface area contributed by atoms with Gasteiger partial charge in [-0.15, -0.1) is 0 Å². The van der Waals surface area contributed by atoms with E-state index in [4.69, 9.17) is 9.97 Å². The van der Waals surface area contributed by atoms with Gasteiger partial charge in [0.15, 0.2) is 5.82 Å². The molecule has 1 aliphatic rings. The maximum atomic E-state index is 5.07. The molecule has 250 valence electrons. The van der Waals surface area contributed by atoms with Crippen LogP contribution < -0.4 is 5.32 Å². The lowest BCUT2D eigenvalue weighted by Crippen LogP contribution is -2.00. The average Bonchev–Trinajstić information content (AvgIpc) is 3.67. The van der Waals surface area contributed by atoms with E-state index >= 15 is 0 Å². The van der Waals surface area contributed by atoms with Crippen molar-refractivity contribution in [3.8, 4) is 56.2 Å². The maximum absolute atomic E-state index is 5.07. The van der Waals surface area contributed by atoms with Crippen molar-refractivity contribution in [1.82, 2.24) is 9.97 Å². The van der Waals surface area contributed by atoms with E-state index in [1.54, 1.807) is 0 Å². The topological polar surface area (TPSA) is 37.8 Å². The monoisotopic (exact) mass is 695 g/mol. The van der Waals surface area contributed by atoms with Crippen LogP contribution in [0.3, 0.4) is 0 Å². The third-order valence-electron chi connectivity index (χ3n) is 10.1. The lowest BCUT2D eigenvalue weighted by Gasteiger charge is -2.15. The molecule has 0 saturated heterocycles. The van der Waals surface area contributed by atoms with Gasteiger partial charge in [-0.25, -0.2) is 9.97 Å². The predicted molar refractivity (Wildman–Crippen MR) is 223 cm³/mol. The molecule has 0 aliphatic carbocycles. The number of thioether (sulfide) groups is 1. The van der Waals surface area contributed by atoms with Crippen LogP contribution in [0.25, 0.3) is 77.7 Å². The van der Waals surface area contributed by atoms with Gasteiger partial charge in [-0.2, -0.15) is 0 Å². The van der Waals surface area contributed by atoms with Crippen molar-refractivity contribution in [2.24, 2.45) is 0 Å². The standard InChI is InChI=1S/C49H33N3S/c1-3-13-34(14-4-1)44-31-45(35-15-5-2-6-16-35)51-48(50-44)37-22-20-36(21-23-37)47-41-18-10-9-12-33(41)25-27-42(47)39-26-28-43-46(30-39)53-49(52-43)40-24-19-32-11-7-8-17-38(32)29-40/h1-31,49,52H. The molecule has 0 radical (unpaired) electrons. The molecule has 2 heterocycles. The van der Waals surface area contributed by atoms with Gasteiger partial charge in [0, 0.05) is 27.3 Å². The number of rotatable bonds is 6. The summed E-state index contributed by atoms with van der Waals surface area (Å²) in [7, 11) is 0. The Kier molecular flexibility index (Phi) is 7.81. The molecule has 0 spiro atoms. The molecule has 1 unspecified atom stereocenters. The molecular formula is C49H33N3S. The summed E-state index contributed by atoms with van der Waals surface area (Å²) in [5, 5.41) is 8.91. The highest BCUT2D eigenvalue weighted by Crippen LogP contribution is 2.49. The molecule has 0 bridgehead atoms. The van der Waals surface area contributed by atoms with E-state index in [0.29, 0.717) is 5.82 Å². The van der Waals surface area contributed by atoms with Gasteiger partial charge < -0.3 is 5.32 Å². The zero-order chi connectivity index (χ0) is 35.1. The lowest BCUT2D eigenvalue weighted by atomic mass is 9.89. The van der Waals surface area contributed by atoms with Crippen molar-refractivity contribution < 1.29 is 0 Å². The summed E-state index contributed by atoms with van der Waals surface area (Å²) in [5.41, 5.74) is 12.2. The first-order valence-corrected chi connectivity index (χ1v) is 18.8. The average molecular weight is 696 g/mol. The normalized spacial score (nSPS) is 13.5. The van der Waals surface area contributed by atoms with Crippen LogP contribution in [0.2, 0.25) is 0 Å². The van der Waals surface area contributed by atoms with E-state index in [0.717, 1.165) is 33.6 Å². The van der Waals surface area contributed by atoms with Gasteiger partial charge in [0.25, 0.3) is 0 Å². The van der Waals surface area contributed by atoms with Gasteiger partial charge in [-0.3, -0.25) is 0 Å². The molecule has 1 aliphatic heterocycles. The number of fused-ring (bicyclic) bond motifs is 3. The quantitative estimate of drug-likeness (QED) is 0.188. The van der Waals surface area contributed by atoms with Gasteiger partial charge in [0.1, 0.15) is 5.37 Å². The molecule has 0 fully saturated rings. The molecule has 0 amide bonds. The highest BCUT2D eigenvalue weighted by Gasteiger charge is 2.24. The van der Waals surface area contributed by atoms with Crippen molar-refractivity contribution in [2.45, 2.75) is 10.3 Å². The fourth-order valence-electron chi connectivity index (χ4n) is 7.43.